The molecule has 0 aliphatic rings. The van der Waals surface area contributed by atoms with Crippen LogP contribution >= 0.6 is 11.8 Å². The van der Waals surface area contributed by atoms with Crippen LogP contribution in [-0.4, -0.2) is 5.25 Å². The first kappa shape index (κ1) is 10.9. The fourth-order valence-electron chi connectivity index (χ4n) is 1.12. The van der Waals surface area contributed by atoms with Gasteiger partial charge in [-0.25, -0.2) is 0 Å². The predicted octanol–water partition coefficient (Wildman–Crippen LogP) is 3.56. The van der Waals surface area contributed by atoms with E-state index >= 15 is 0 Å². The maximum absolute atomic E-state index is 8.89. The molecule has 1 rings (SSSR count). The molecule has 0 N–H and O–H groups in total. The minimum absolute atomic E-state index is 0.0198. The second-order valence-electron chi connectivity index (χ2n) is 3.03. The number of nitrogens with zero attached hydrogens (tertiary/aromatic N) is 1. The maximum Gasteiger partial charge on any atom is 0.0997 e. The lowest BCUT2D eigenvalue weighted by Crippen LogP contribution is -1.96. The molecule has 0 aromatic heterocycles. The Bertz CT molecular complexity index is 352. The fraction of sp³-hybridized carbons (Fsp3) is 0.250. The second-order valence-corrected chi connectivity index (χ2v) is 4.27. The van der Waals surface area contributed by atoms with E-state index in [1.165, 1.54) is 10.5 Å². The Hall–Kier alpha value is -1.20. The van der Waals surface area contributed by atoms with Crippen molar-refractivity contribution in [1.82, 2.24) is 0 Å². The average molecular weight is 203 g/mol. The van der Waals surface area contributed by atoms with Gasteiger partial charge in [-0.15, -0.1) is 18.3 Å². The van der Waals surface area contributed by atoms with Gasteiger partial charge in [-0.1, -0.05) is 24.3 Å². The van der Waals surface area contributed by atoms with Crippen LogP contribution in [0.5, 0.6) is 0 Å². The van der Waals surface area contributed by atoms with Gasteiger partial charge in [-0.05, 0) is 25.0 Å². The van der Waals surface area contributed by atoms with Crippen LogP contribution in [0.1, 0.15) is 12.0 Å². The summed E-state index contributed by atoms with van der Waals surface area (Å²) in [5, 5.41) is 8.87. The average Bonchev–Trinajstić information content (AvgIpc) is 2.20. The van der Waals surface area contributed by atoms with Crippen LogP contribution in [0.25, 0.3) is 0 Å². The molecule has 0 amide bonds. The lowest BCUT2D eigenvalue weighted by atomic mass is 10.2. The molecular weight excluding hydrogens is 190 g/mol. The van der Waals surface area contributed by atoms with Crippen molar-refractivity contribution in [2.24, 2.45) is 0 Å². The first-order valence-corrected chi connectivity index (χ1v) is 5.38. The van der Waals surface area contributed by atoms with Crippen molar-refractivity contribution in [1.29, 1.82) is 5.26 Å². The fourth-order valence-corrected chi connectivity index (χ4v) is 2.12. The molecule has 0 spiro atoms. The molecule has 0 radical (unpaired) electrons. The van der Waals surface area contributed by atoms with Gasteiger partial charge < -0.3 is 0 Å². The summed E-state index contributed by atoms with van der Waals surface area (Å²) in [7, 11) is 0. The number of allylic oxidation sites excluding steroid dienone is 1. The molecule has 1 unspecified atom stereocenters. The van der Waals surface area contributed by atoms with Gasteiger partial charge in [0.2, 0.25) is 0 Å². The van der Waals surface area contributed by atoms with Gasteiger partial charge in [0, 0.05) is 4.90 Å². The molecule has 2 heteroatoms. The van der Waals surface area contributed by atoms with Gasteiger partial charge in [0.25, 0.3) is 0 Å². The van der Waals surface area contributed by atoms with Gasteiger partial charge in [0.1, 0.15) is 0 Å². The molecule has 0 heterocycles. The quantitative estimate of drug-likeness (QED) is 0.552. The Kier molecular flexibility index (Phi) is 4.28. The van der Waals surface area contributed by atoms with E-state index in [1.54, 1.807) is 17.8 Å². The highest BCUT2D eigenvalue weighted by Crippen LogP contribution is 2.27. The Labute approximate surface area is 89.4 Å². The van der Waals surface area contributed by atoms with E-state index in [9.17, 15) is 0 Å². The number of rotatable bonds is 4. The number of hydrogen-bond acceptors (Lipinski definition) is 2. The first-order chi connectivity index (χ1) is 6.77. The summed E-state index contributed by atoms with van der Waals surface area (Å²) in [6.07, 6.45) is 2.52. The van der Waals surface area contributed by atoms with Crippen molar-refractivity contribution in [3.63, 3.8) is 0 Å². The van der Waals surface area contributed by atoms with Crippen LogP contribution in [0.3, 0.4) is 0 Å². The number of nitriles is 1. The molecule has 14 heavy (non-hydrogen) atoms. The SMILES string of the molecule is C=CCC(C#N)Sc1ccccc1C. The van der Waals surface area contributed by atoms with Gasteiger partial charge in [-0.2, -0.15) is 5.26 Å². The van der Waals surface area contributed by atoms with E-state index in [1.807, 2.05) is 18.2 Å². The number of benzene rings is 1. The summed E-state index contributed by atoms with van der Waals surface area (Å²) in [5.74, 6) is 0. The number of aryl methyl sites for hydroxylation is 1. The summed E-state index contributed by atoms with van der Waals surface area (Å²) >= 11 is 1.61. The lowest BCUT2D eigenvalue weighted by molar-refractivity contribution is 1.08. The Balaban J connectivity index is 2.72. The van der Waals surface area contributed by atoms with Crippen LogP contribution in [-0.2, 0) is 0 Å². The highest BCUT2D eigenvalue weighted by atomic mass is 32.2. The number of thioether (sulfide) groups is 1. The van der Waals surface area contributed by atoms with Crippen LogP contribution < -0.4 is 0 Å². The molecular formula is C12H13NS. The van der Waals surface area contributed by atoms with E-state index in [4.69, 9.17) is 5.26 Å². The highest BCUT2D eigenvalue weighted by Gasteiger charge is 2.08. The number of hydrogen-bond donors (Lipinski definition) is 0. The zero-order valence-corrected chi connectivity index (χ0v) is 9.05. The van der Waals surface area contributed by atoms with Gasteiger partial charge in [0.05, 0.1) is 11.3 Å². The van der Waals surface area contributed by atoms with Crippen molar-refractivity contribution in [3.8, 4) is 6.07 Å². The van der Waals surface area contributed by atoms with Crippen LogP contribution in [0.4, 0.5) is 0 Å². The highest BCUT2D eigenvalue weighted by molar-refractivity contribution is 8.00. The molecule has 1 aromatic carbocycles. The van der Waals surface area contributed by atoms with E-state index in [-0.39, 0.29) is 5.25 Å². The van der Waals surface area contributed by atoms with Crippen LogP contribution in [0, 0.1) is 18.3 Å². The van der Waals surface area contributed by atoms with E-state index < -0.39 is 0 Å². The molecule has 1 nitrogen and oxygen atoms in total. The lowest BCUT2D eigenvalue weighted by Gasteiger charge is -2.08. The molecule has 0 bridgehead atoms. The molecule has 1 aromatic rings. The third-order valence-corrected chi connectivity index (χ3v) is 3.18. The van der Waals surface area contributed by atoms with Crippen LogP contribution in [0.15, 0.2) is 41.8 Å². The molecule has 1 atom stereocenters. The Morgan fingerprint density at radius 1 is 1.57 bits per heavy atom. The minimum Gasteiger partial charge on any atom is -0.197 e. The van der Waals surface area contributed by atoms with Crippen molar-refractivity contribution < 1.29 is 0 Å². The molecule has 0 aliphatic heterocycles. The van der Waals surface area contributed by atoms with Crippen molar-refractivity contribution in [2.75, 3.05) is 0 Å². The molecule has 0 saturated carbocycles. The maximum atomic E-state index is 8.89. The third kappa shape index (κ3) is 2.93. The van der Waals surface area contributed by atoms with Gasteiger partial charge >= 0.3 is 0 Å². The van der Waals surface area contributed by atoms with Crippen molar-refractivity contribution >= 4 is 11.8 Å². The summed E-state index contributed by atoms with van der Waals surface area (Å²) in [6.45, 7) is 5.71. The molecule has 72 valence electrons. The van der Waals surface area contributed by atoms with E-state index in [2.05, 4.69) is 25.6 Å². The second kappa shape index (κ2) is 5.51. The largest absolute Gasteiger partial charge is 0.197 e. The zero-order chi connectivity index (χ0) is 10.4. The van der Waals surface area contributed by atoms with Crippen molar-refractivity contribution in [2.45, 2.75) is 23.5 Å². The molecule has 0 aliphatic carbocycles. The Morgan fingerprint density at radius 2 is 2.29 bits per heavy atom. The van der Waals surface area contributed by atoms with Gasteiger partial charge in [-0.3, -0.25) is 0 Å². The molecule has 0 fully saturated rings. The van der Waals surface area contributed by atoms with Crippen LogP contribution in [0.2, 0.25) is 0 Å². The monoisotopic (exact) mass is 203 g/mol. The normalized spacial score (nSPS) is 11.7. The summed E-state index contributed by atoms with van der Waals surface area (Å²) in [6, 6.07) is 10.4. The van der Waals surface area contributed by atoms with E-state index in [0.717, 1.165) is 6.42 Å². The Morgan fingerprint density at radius 3 is 2.86 bits per heavy atom. The topological polar surface area (TPSA) is 23.8 Å². The smallest absolute Gasteiger partial charge is 0.0997 e. The zero-order valence-electron chi connectivity index (χ0n) is 8.23. The summed E-state index contributed by atoms with van der Waals surface area (Å²) in [4.78, 5) is 1.18. The predicted molar refractivity (Wildman–Crippen MR) is 61.3 cm³/mol. The molecule has 0 saturated heterocycles. The van der Waals surface area contributed by atoms with Crippen molar-refractivity contribution in [3.05, 3.63) is 42.5 Å². The van der Waals surface area contributed by atoms with E-state index in [0.29, 0.717) is 0 Å². The first-order valence-electron chi connectivity index (χ1n) is 4.50. The summed E-state index contributed by atoms with van der Waals surface area (Å²) in [5.41, 5.74) is 1.22. The standard InChI is InChI=1S/C12H13NS/c1-3-6-11(9-13)14-12-8-5-4-7-10(12)2/h3-5,7-8,11H,1,6H2,2H3. The van der Waals surface area contributed by atoms with Gasteiger partial charge in [0.15, 0.2) is 0 Å². The minimum atomic E-state index is -0.0198. The third-order valence-electron chi connectivity index (χ3n) is 1.89. The summed E-state index contributed by atoms with van der Waals surface area (Å²) < 4.78 is 0.